The quantitative estimate of drug-likeness (QED) is 0.836. The molecule has 0 aromatic heterocycles. The first-order valence-electron chi connectivity index (χ1n) is 8.69. The predicted octanol–water partition coefficient (Wildman–Crippen LogP) is 3.58. The third-order valence-electron chi connectivity index (χ3n) is 4.69. The Labute approximate surface area is 148 Å². The van der Waals surface area contributed by atoms with Gasteiger partial charge >= 0.3 is 0 Å². The van der Waals surface area contributed by atoms with Crippen molar-refractivity contribution in [2.45, 2.75) is 39.3 Å². The molecule has 2 aromatic rings. The molecule has 1 amide bonds. The first kappa shape index (κ1) is 17.1. The van der Waals surface area contributed by atoms with E-state index in [1.165, 1.54) is 0 Å². The Kier molecular flexibility index (Phi) is 4.83. The molecule has 25 heavy (non-hydrogen) atoms. The summed E-state index contributed by atoms with van der Waals surface area (Å²) in [6, 6.07) is 13.1. The van der Waals surface area contributed by atoms with Gasteiger partial charge in [-0.2, -0.15) is 0 Å². The Bertz CT molecular complexity index is 775. The molecule has 132 valence electrons. The van der Waals surface area contributed by atoms with Gasteiger partial charge in [0.1, 0.15) is 17.9 Å². The molecular weight excluding hydrogens is 314 g/mol. The van der Waals surface area contributed by atoms with Crippen LogP contribution in [0.1, 0.15) is 25.8 Å². The standard InChI is InChI=1S/C20H25N3O2/c1-4-16-12-23(18-10-9-15(21)11-19(18)25-16)14(3)20(24)22-17-8-6-5-7-13(17)2/h5-11,14,16H,4,12,21H2,1-3H3,(H,22,24). The summed E-state index contributed by atoms with van der Waals surface area (Å²) >= 11 is 0. The highest BCUT2D eigenvalue weighted by Crippen LogP contribution is 2.37. The number of fused-ring (bicyclic) bond motifs is 1. The van der Waals surface area contributed by atoms with Crippen molar-refractivity contribution in [2.75, 3.05) is 22.5 Å². The number of nitrogens with two attached hydrogens (primary N) is 1. The third-order valence-corrected chi connectivity index (χ3v) is 4.69. The number of nitrogen functional groups attached to an aromatic ring is 1. The van der Waals surface area contributed by atoms with Crippen molar-refractivity contribution < 1.29 is 9.53 Å². The summed E-state index contributed by atoms with van der Waals surface area (Å²) in [5, 5.41) is 3.04. The predicted molar refractivity (Wildman–Crippen MR) is 102 cm³/mol. The number of carbonyl (C=O) groups is 1. The van der Waals surface area contributed by atoms with Gasteiger partial charge in [-0.15, -0.1) is 0 Å². The molecule has 0 fully saturated rings. The molecule has 0 bridgehead atoms. The summed E-state index contributed by atoms with van der Waals surface area (Å²) in [5.41, 5.74) is 9.35. The highest BCUT2D eigenvalue weighted by atomic mass is 16.5. The number of para-hydroxylation sites is 1. The number of ether oxygens (including phenoxy) is 1. The smallest absolute Gasteiger partial charge is 0.246 e. The van der Waals surface area contributed by atoms with Gasteiger partial charge in [0.15, 0.2) is 0 Å². The van der Waals surface area contributed by atoms with Gasteiger partial charge < -0.3 is 20.7 Å². The average Bonchev–Trinajstić information content (AvgIpc) is 2.61. The number of hydrogen-bond donors (Lipinski definition) is 2. The first-order chi connectivity index (χ1) is 12.0. The fourth-order valence-electron chi connectivity index (χ4n) is 3.07. The maximum atomic E-state index is 12.8. The van der Waals surface area contributed by atoms with Gasteiger partial charge in [0.2, 0.25) is 5.91 Å². The summed E-state index contributed by atoms with van der Waals surface area (Å²) in [4.78, 5) is 14.9. The Hall–Kier alpha value is -2.69. The van der Waals surface area contributed by atoms with Crippen LogP contribution < -0.4 is 20.7 Å². The Morgan fingerprint density at radius 2 is 2.12 bits per heavy atom. The van der Waals surface area contributed by atoms with Gasteiger partial charge in [0, 0.05) is 17.4 Å². The van der Waals surface area contributed by atoms with E-state index in [1.54, 1.807) is 0 Å². The molecule has 5 heteroatoms. The summed E-state index contributed by atoms with van der Waals surface area (Å²) in [5.74, 6) is 0.711. The molecule has 1 heterocycles. The number of nitrogens with one attached hydrogen (secondary N) is 1. The normalized spacial score (nSPS) is 17.4. The lowest BCUT2D eigenvalue weighted by Crippen LogP contribution is -2.49. The fraction of sp³-hybridized carbons (Fsp3) is 0.350. The average molecular weight is 339 g/mol. The zero-order valence-electron chi connectivity index (χ0n) is 15.0. The lowest BCUT2D eigenvalue weighted by atomic mass is 10.1. The van der Waals surface area contributed by atoms with Crippen LogP contribution in [0, 0.1) is 6.92 Å². The highest BCUT2D eigenvalue weighted by molar-refractivity contribution is 5.97. The van der Waals surface area contributed by atoms with E-state index in [2.05, 4.69) is 17.1 Å². The number of rotatable bonds is 4. The van der Waals surface area contributed by atoms with Crippen molar-refractivity contribution >= 4 is 23.0 Å². The molecule has 0 saturated carbocycles. The first-order valence-corrected chi connectivity index (χ1v) is 8.69. The van der Waals surface area contributed by atoms with Crippen LogP contribution in [0.2, 0.25) is 0 Å². The molecular formula is C20H25N3O2. The molecule has 0 aliphatic carbocycles. The summed E-state index contributed by atoms with van der Waals surface area (Å²) in [6.07, 6.45) is 0.916. The minimum Gasteiger partial charge on any atom is -0.486 e. The summed E-state index contributed by atoms with van der Waals surface area (Å²) < 4.78 is 6.01. The Balaban J connectivity index is 1.84. The number of nitrogens with zero attached hydrogens (tertiary/aromatic N) is 1. The van der Waals surface area contributed by atoms with Crippen LogP contribution in [-0.4, -0.2) is 24.6 Å². The number of hydrogen-bond acceptors (Lipinski definition) is 4. The number of carbonyl (C=O) groups excluding carboxylic acids is 1. The van der Waals surface area contributed by atoms with Crippen LogP contribution in [0.15, 0.2) is 42.5 Å². The van der Waals surface area contributed by atoms with E-state index < -0.39 is 0 Å². The number of anilines is 3. The van der Waals surface area contributed by atoms with Crippen molar-refractivity contribution in [2.24, 2.45) is 0 Å². The number of benzene rings is 2. The van der Waals surface area contributed by atoms with Gasteiger partial charge in [-0.25, -0.2) is 0 Å². The van der Waals surface area contributed by atoms with Crippen LogP contribution in [-0.2, 0) is 4.79 Å². The second kappa shape index (κ2) is 7.05. The van der Waals surface area contributed by atoms with E-state index in [9.17, 15) is 4.79 Å². The number of aryl methyl sites for hydroxylation is 1. The molecule has 2 unspecified atom stereocenters. The van der Waals surface area contributed by atoms with Gasteiger partial charge in [-0.1, -0.05) is 25.1 Å². The van der Waals surface area contributed by atoms with E-state index in [1.807, 2.05) is 56.3 Å². The second-order valence-corrected chi connectivity index (χ2v) is 6.51. The monoisotopic (exact) mass is 339 g/mol. The largest absolute Gasteiger partial charge is 0.486 e. The van der Waals surface area contributed by atoms with Crippen LogP contribution in [0.25, 0.3) is 0 Å². The van der Waals surface area contributed by atoms with E-state index in [0.29, 0.717) is 12.2 Å². The zero-order chi connectivity index (χ0) is 18.0. The van der Waals surface area contributed by atoms with Crippen LogP contribution in [0.4, 0.5) is 17.1 Å². The van der Waals surface area contributed by atoms with E-state index in [-0.39, 0.29) is 18.1 Å². The van der Waals surface area contributed by atoms with Gasteiger partial charge in [-0.05, 0) is 44.0 Å². The third kappa shape index (κ3) is 3.55. The number of amides is 1. The zero-order valence-corrected chi connectivity index (χ0v) is 15.0. The molecule has 0 radical (unpaired) electrons. The maximum absolute atomic E-state index is 12.8. The van der Waals surface area contributed by atoms with Crippen molar-refractivity contribution in [3.05, 3.63) is 48.0 Å². The SMILES string of the molecule is CCC1CN(C(C)C(=O)Nc2ccccc2C)c2ccc(N)cc2O1. The van der Waals surface area contributed by atoms with Gasteiger partial charge in [-0.3, -0.25) is 4.79 Å². The summed E-state index contributed by atoms with van der Waals surface area (Å²) in [6.45, 7) is 6.67. The molecule has 5 nitrogen and oxygen atoms in total. The molecule has 1 aliphatic rings. The van der Waals surface area contributed by atoms with Crippen LogP contribution >= 0.6 is 0 Å². The molecule has 0 saturated heterocycles. The molecule has 0 spiro atoms. The van der Waals surface area contributed by atoms with Gasteiger partial charge in [0.05, 0.1) is 12.2 Å². The Morgan fingerprint density at radius 1 is 1.36 bits per heavy atom. The van der Waals surface area contributed by atoms with Crippen LogP contribution in [0.3, 0.4) is 0 Å². The maximum Gasteiger partial charge on any atom is 0.246 e. The summed E-state index contributed by atoms with van der Waals surface area (Å²) in [7, 11) is 0. The topological polar surface area (TPSA) is 67.6 Å². The lowest BCUT2D eigenvalue weighted by Gasteiger charge is -2.39. The molecule has 2 atom stereocenters. The molecule has 3 N–H and O–H groups in total. The molecule has 2 aromatic carbocycles. The van der Waals surface area contributed by atoms with Crippen molar-refractivity contribution in [3.63, 3.8) is 0 Å². The Morgan fingerprint density at radius 3 is 2.84 bits per heavy atom. The minimum absolute atomic E-state index is 0.0335. The van der Waals surface area contributed by atoms with E-state index >= 15 is 0 Å². The van der Waals surface area contributed by atoms with Gasteiger partial charge in [0.25, 0.3) is 0 Å². The lowest BCUT2D eigenvalue weighted by molar-refractivity contribution is -0.117. The molecule has 3 rings (SSSR count). The molecule has 1 aliphatic heterocycles. The highest BCUT2D eigenvalue weighted by Gasteiger charge is 2.31. The van der Waals surface area contributed by atoms with Crippen molar-refractivity contribution in [1.29, 1.82) is 0 Å². The second-order valence-electron chi connectivity index (χ2n) is 6.51. The minimum atomic E-state index is -0.320. The van der Waals surface area contributed by atoms with Crippen molar-refractivity contribution in [3.8, 4) is 5.75 Å². The van der Waals surface area contributed by atoms with E-state index in [4.69, 9.17) is 10.5 Å². The van der Waals surface area contributed by atoms with E-state index in [0.717, 1.165) is 29.1 Å². The fourth-order valence-corrected chi connectivity index (χ4v) is 3.07. The van der Waals surface area contributed by atoms with Crippen molar-refractivity contribution in [1.82, 2.24) is 0 Å². The van der Waals surface area contributed by atoms with Crippen LogP contribution in [0.5, 0.6) is 5.75 Å².